The Balaban J connectivity index is 1.31. The number of benzene rings is 1. The Morgan fingerprint density at radius 2 is 2.04 bits per heavy atom. The van der Waals surface area contributed by atoms with Crippen molar-refractivity contribution in [3.05, 3.63) is 52.2 Å². The molecule has 1 aromatic heterocycles. The van der Waals surface area contributed by atoms with Gasteiger partial charge in [-0.05, 0) is 61.8 Å². The number of amides is 1. The highest BCUT2D eigenvalue weighted by molar-refractivity contribution is 7.10. The van der Waals surface area contributed by atoms with Gasteiger partial charge in [0.25, 0.3) is 5.91 Å². The smallest absolute Gasteiger partial charge is 0.257 e. The van der Waals surface area contributed by atoms with Crippen LogP contribution in [0.1, 0.15) is 29.2 Å². The molecule has 5 heteroatoms. The Bertz CT molecular complexity index is 664. The number of carbonyl (C=O) groups is 1. The van der Waals surface area contributed by atoms with E-state index in [1.807, 2.05) is 42.5 Å². The number of nitrogens with one attached hydrogen (secondary N) is 1. The monoisotopic (exact) mass is 358 g/mol. The van der Waals surface area contributed by atoms with E-state index in [9.17, 15) is 4.79 Å². The van der Waals surface area contributed by atoms with Gasteiger partial charge in [-0.3, -0.25) is 4.79 Å². The number of rotatable bonds is 7. The van der Waals surface area contributed by atoms with Crippen LogP contribution in [0.3, 0.4) is 0 Å². The van der Waals surface area contributed by atoms with Gasteiger partial charge in [0.1, 0.15) is 5.75 Å². The molecule has 1 fully saturated rings. The van der Waals surface area contributed by atoms with Crippen LogP contribution >= 0.6 is 11.3 Å². The van der Waals surface area contributed by atoms with Gasteiger partial charge in [0, 0.05) is 18.0 Å². The summed E-state index contributed by atoms with van der Waals surface area (Å²) >= 11 is 1.87. The van der Waals surface area contributed by atoms with Gasteiger partial charge in [-0.2, -0.15) is 0 Å². The van der Waals surface area contributed by atoms with Crippen molar-refractivity contribution in [1.29, 1.82) is 0 Å². The average molecular weight is 359 g/mol. The van der Waals surface area contributed by atoms with E-state index in [0.717, 1.165) is 30.9 Å². The maximum atomic E-state index is 11.9. The molecule has 4 nitrogen and oxygen atoms in total. The molecule has 1 saturated heterocycles. The van der Waals surface area contributed by atoms with Crippen LogP contribution in [0.2, 0.25) is 0 Å². The van der Waals surface area contributed by atoms with Gasteiger partial charge in [-0.15, -0.1) is 11.3 Å². The molecule has 2 aromatic rings. The topological polar surface area (TPSA) is 41.6 Å². The number of hydrogen-bond donors (Lipinski definition) is 1. The molecule has 1 N–H and O–H groups in total. The summed E-state index contributed by atoms with van der Waals surface area (Å²) in [7, 11) is 0. The van der Waals surface area contributed by atoms with Crippen molar-refractivity contribution in [2.24, 2.45) is 0 Å². The zero-order valence-electron chi connectivity index (χ0n) is 14.7. The van der Waals surface area contributed by atoms with Crippen molar-refractivity contribution in [2.75, 3.05) is 32.8 Å². The van der Waals surface area contributed by atoms with Crippen LogP contribution in [0, 0.1) is 6.92 Å². The maximum absolute atomic E-state index is 11.9. The van der Waals surface area contributed by atoms with Crippen LogP contribution in [0.15, 0.2) is 41.8 Å². The lowest BCUT2D eigenvalue weighted by Crippen LogP contribution is -2.40. The second kappa shape index (κ2) is 9.02. The summed E-state index contributed by atoms with van der Waals surface area (Å²) < 4.78 is 5.57. The van der Waals surface area contributed by atoms with Crippen LogP contribution < -0.4 is 10.1 Å². The zero-order chi connectivity index (χ0) is 17.5. The summed E-state index contributed by atoms with van der Waals surface area (Å²) in [4.78, 5) is 15.9. The van der Waals surface area contributed by atoms with Crippen molar-refractivity contribution in [3.8, 4) is 5.75 Å². The van der Waals surface area contributed by atoms with Gasteiger partial charge < -0.3 is 15.0 Å². The standard InChI is InChI=1S/C20H26N2O2S/c1-16-5-2-3-6-18(16)24-15-20(23)21-10-13-22-11-8-17(9-12-22)19-7-4-14-25-19/h2-7,14,17H,8-13,15H2,1H3,(H,21,23). The Kier molecular flexibility index (Phi) is 6.48. The van der Waals surface area contributed by atoms with Crippen molar-refractivity contribution in [1.82, 2.24) is 10.2 Å². The maximum Gasteiger partial charge on any atom is 0.257 e. The fraction of sp³-hybridized carbons (Fsp3) is 0.450. The third kappa shape index (κ3) is 5.31. The third-order valence-electron chi connectivity index (χ3n) is 4.74. The fourth-order valence-electron chi connectivity index (χ4n) is 3.23. The molecular formula is C20H26N2O2S. The van der Waals surface area contributed by atoms with E-state index in [1.165, 1.54) is 17.7 Å². The molecule has 0 aliphatic carbocycles. The number of nitrogens with zero attached hydrogens (tertiary/aromatic N) is 1. The normalized spacial score (nSPS) is 15.9. The molecule has 0 spiro atoms. The van der Waals surface area contributed by atoms with Crippen molar-refractivity contribution in [2.45, 2.75) is 25.7 Å². The molecule has 0 unspecified atom stereocenters. The van der Waals surface area contributed by atoms with E-state index in [-0.39, 0.29) is 12.5 Å². The van der Waals surface area contributed by atoms with Crippen LogP contribution in [0.5, 0.6) is 5.75 Å². The summed E-state index contributed by atoms with van der Waals surface area (Å²) in [6.07, 6.45) is 2.43. The first-order chi connectivity index (χ1) is 12.2. The lowest BCUT2D eigenvalue weighted by Gasteiger charge is -2.31. The zero-order valence-corrected chi connectivity index (χ0v) is 15.6. The van der Waals surface area contributed by atoms with E-state index in [0.29, 0.717) is 12.5 Å². The van der Waals surface area contributed by atoms with Gasteiger partial charge in [-0.25, -0.2) is 0 Å². The largest absolute Gasteiger partial charge is 0.484 e. The Morgan fingerprint density at radius 3 is 2.76 bits per heavy atom. The number of piperidine rings is 1. The second-order valence-corrected chi connectivity index (χ2v) is 7.51. The van der Waals surface area contributed by atoms with Gasteiger partial charge in [0.05, 0.1) is 0 Å². The van der Waals surface area contributed by atoms with E-state index < -0.39 is 0 Å². The summed E-state index contributed by atoms with van der Waals surface area (Å²) in [5.41, 5.74) is 1.05. The SMILES string of the molecule is Cc1ccccc1OCC(=O)NCCN1CCC(c2cccs2)CC1. The number of aryl methyl sites for hydroxylation is 1. The van der Waals surface area contributed by atoms with Gasteiger partial charge in [0.15, 0.2) is 6.61 Å². The Labute approximate surface area is 153 Å². The predicted molar refractivity (Wildman–Crippen MR) is 102 cm³/mol. The van der Waals surface area contributed by atoms with E-state index in [1.54, 1.807) is 0 Å². The first-order valence-corrected chi connectivity index (χ1v) is 9.81. The molecule has 1 amide bonds. The predicted octanol–water partition coefficient (Wildman–Crippen LogP) is 3.43. The Hall–Kier alpha value is -1.85. The highest BCUT2D eigenvalue weighted by atomic mass is 32.1. The molecule has 25 heavy (non-hydrogen) atoms. The van der Waals surface area contributed by atoms with Crippen LogP contribution in [0.4, 0.5) is 0 Å². The highest BCUT2D eigenvalue weighted by Gasteiger charge is 2.20. The number of ether oxygens (including phenoxy) is 1. The number of thiophene rings is 1. The molecule has 134 valence electrons. The summed E-state index contributed by atoms with van der Waals surface area (Å²) in [5.74, 6) is 1.43. The second-order valence-electron chi connectivity index (χ2n) is 6.54. The number of para-hydroxylation sites is 1. The minimum Gasteiger partial charge on any atom is -0.484 e. The van der Waals surface area contributed by atoms with Gasteiger partial charge >= 0.3 is 0 Å². The quantitative estimate of drug-likeness (QED) is 0.824. The van der Waals surface area contributed by atoms with E-state index in [4.69, 9.17) is 4.74 Å². The highest BCUT2D eigenvalue weighted by Crippen LogP contribution is 2.30. The lowest BCUT2D eigenvalue weighted by atomic mass is 9.95. The molecular weight excluding hydrogens is 332 g/mol. The third-order valence-corrected chi connectivity index (χ3v) is 5.77. The van der Waals surface area contributed by atoms with Crippen molar-refractivity contribution < 1.29 is 9.53 Å². The Morgan fingerprint density at radius 1 is 1.24 bits per heavy atom. The summed E-state index contributed by atoms with van der Waals surface area (Å²) in [5, 5.41) is 5.12. The fourth-order valence-corrected chi connectivity index (χ4v) is 4.13. The first kappa shape index (κ1) is 18.0. The van der Waals surface area contributed by atoms with E-state index in [2.05, 4.69) is 27.7 Å². The van der Waals surface area contributed by atoms with Gasteiger partial charge in [0.2, 0.25) is 0 Å². The first-order valence-electron chi connectivity index (χ1n) is 8.93. The molecule has 0 saturated carbocycles. The van der Waals surface area contributed by atoms with Crippen LogP contribution in [-0.4, -0.2) is 43.6 Å². The molecule has 2 heterocycles. The molecule has 0 bridgehead atoms. The summed E-state index contributed by atoms with van der Waals surface area (Å²) in [6, 6.07) is 12.1. The van der Waals surface area contributed by atoms with Crippen LogP contribution in [0.25, 0.3) is 0 Å². The van der Waals surface area contributed by atoms with Gasteiger partial charge in [-0.1, -0.05) is 24.3 Å². The molecule has 0 radical (unpaired) electrons. The number of likely N-dealkylation sites (tertiary alicyclic amines) is 1. The number of carbonyl (C=O) groups excluding carboxylic acids is 1. The molecule has 1 aromatic carbocycles. The molecule has 1 aliphatic heterocycles. The molecule has 0 atom stereocenters. The van der Waals surface area contributed by atoms with Crippen LogP contribution in [-0.2, 0) is 4.79 Å². The van der Waals surface area contributed by atoms with Crippen molar-refractivity contribution in [3.63, 3.8) is 0 Å². The molecule has 1 aliphatic rings. The minimum atomic E-state index is -0.0586. The van der Waals surface area contributed by atoms with Crippen molar-refractivity contribution >= 4 is 17.2 Å². The minimum absolute atomic E-state index is 0.0586. The lowest BCUT2D eigenvalue weighted by molar-refractivity contribution is -0.123. The molecule has 3 rings (SSSR count). The summed E-state index contributed by atoms with van der Waals surface area (Å²) in [6.45, 7) is 5.86. The average Bonchev–Trinajstić information content (AvgIpc) is 3.16. The van der Waals surface area contributed by atoms with E-state index >= 15 is 0 Å². The number of hydrogen-bond acceptors (Lipinski definition) is 4.